The molecule has 240 valence electrons. The van der Waals surface area contributed by atoms with Gasteiger partial charge in [0.25, 0.3) is 0 Å². The van der Waals surface area contributed by atoms with Crippen molar-refractivity contribution in [1.82, 2.24) is 24.5 Å². The molecule has 6 aromatic rings. The molecule has 0 amide bonds. The third-order valence-electron chi connectivity index (χ3n) is 7.78. The van der Waals surface area contributed by atoms with Crippen LogP contribution in [0.25, 0.3) is 22.3 Å². The van der Waals surface area contributed by atoms with Gasteiger partial charge < -0.3 is 19.1 Å². The number of carboxylic acid groups (broad SMARTS) is 1. The number of aromatic nitrogens is 5. The highest BCUT2D eigenvalue weighted by atomic mass is 32.1. The first-order valence-electron chi connectivity index (χ1n) is 14.8. The van der Waals surface area contributed by atoms with Crippen molar-refractivity contribution in [1.29, 1.82) is 0 Å². The number of rotatable bonds is 9. The molecule has 1 aliphatic heterocycles. The minimum Gasteiger partial charge on any atom is -0.478 e. The lowest BCUT2D eigenvalue weighted by atomic mass is 10.0. The summed E-state index contributed by atoms with van der Waals surface area (Å²) in [5.74, 6) is 3.08. The zero-order valence-corrected chi connectivity index (χ0v) is 25.8. The van der Waals surface area contributed by atoms with E-state index in [2.05, 4.69) is 31.8 Å². The van der Waals surface area contributed by atoms with Crippen LogP contribution >= 0.6 is 11.3 Å². The van der Waals surface area contributed by atoms with Gasteiger partial charge in [-0.1, -0.05) is 12.0 Å². The van der Waals surface area contributed by atoms with E-state index >= 15 is 8.78 Å². The van der Waals surface area contributed by atoms with Gasteiger partial charge in [0.05, 0.1) is 40.5 Å². The van der Waals surface area contributed by atoms with E-state index in [0.29, 0.717) is 41.3 Å². The van der Waals surface area contributed by atoms with Crippen LogP contribution in [0.15, 0.2) is 71.7 Å². The summed E-state index contributed by atoms with van der Waals surface area (Å²) in [5, 5.41) is 11.3. The smallest absolute Gasteiger partial charge is 0.335 e. The normalized spacial score (nSPS) is 13.9. The van der Waals surface area contributed by atoms with Gasteiger partial charge in [0, 0.05) is 41.8 Å². The molecule has 0 spiro atoms. The van der Waals surface area contributed by atoms with Crippen LogP contribution in [0.1, 0.15) is 45.1 Å². The first kappa shape index (κ1) is 31.0. The molecule has 1 N–H and O–H groups in total. The highest BCUT2D eigenvalue weighted by Gasteiger charge is 2.24. The number of fused-ring (bicyclic) bond motifs is 1. The fraction of sp³-hybridized carbons (Fsp3) is 0.171. The number of pyridine rings is 2. The number of benzene rings is 2. The van der Waals surface area contributed by atoms with E-state index in [-0.39, 0.29) is 53.1 Å². The Hall–Kier alpha value is -5.58. The molecule has 0 radical (unpaired) electrons. The molecule has 2 aromatic carbocycles. The van der Waals surface area contributed by atoms with Crippen molar-refractivity contribution in [2.24, 2.45) is 0 Å². The van der Waals surface area contributed by atoms with Crippen molar-refractivity contribution < 1.29 is 32.5 Å². The summed E-state index contributed by atoms with van der Waals surface area (Å²) < 4.78 is 58.8. The Morgan fingerprint density at radius 3 is 2.67 bits per heavy atom. The molecule has 1 atom stereocenters. The molecule has 0 aliphatic carbocycles. The standard InChI is InChI=1S/C35H24F3N5O4S/c36-26-14-25(29-2-1-3-34(42-29)47-17-31-28(38)10-20(15-39-31)4-6-23-18-48-19-40-23)27(37)11-22(26)13-33-41-30-7-5-21(35(44)45)12-32(30)43(33)16-24-8-9-46-24/h1-3,5,7,10-12,14-15,18-19,24H,8-9,13,16-17H2,(H,44,45)/t24-/m0/s1. The van der Waals surface area contributed by atoms with Gasteiger partial charge >= 0.3 is 5.97 Å². The molecule has 1 aliphatic rings. The van der Waals surface area contributed by atoms with Gasteiger partial charge in [0.1, 0.15) is 41.3 Å². The third-order valence-corrected chi connectivity index (χ3v) is 8.37. The number of nitrogens with zero attached hydrogens (tertiary/aromatic N) is 5. The molecule has 9 nitrogen and oxygen atoms in total. The predicted molar refractivity (Wildman–Crippen MR) is 170 cm³/mol. The zero-order valence-electron chi connectivity index (χ0n) is 25.0. The van der Waals surface area contributed by atoms with Gasteiger partial charge in [0.2, 0.25) is 5.88 Å². The number of aromatic carboxylic acids is 1. The number of hydrogen-bond donors (Lipinski definition) is 1. The molecule has 48 heavy (non-hydrogen) atoms. The Balaban J connectivity index is 1.09. The van der Waals surface area contributed by atoms with E-state index in [1.807, 2.05) is 0 Å². The van der Waals surface area contributed by atoms with E-state index in [1.54, 1.807) is 27.6 Å². The van der Waals surface area contributed by atoms with Crippen molar-refractivity contribution in [2.45, 2.75) is 32.1 Å². The molecule has 5 heterocycles. The highest BCUT2D eigenvalue weighted by molar-refractivity contribution is 7.07. The fourth-order valence-corrected chi connectivity index (χ4v) is 5.69. The number of imidazole rings is 1. The second-order valence-corrected chi connectivity index (χ2v) is 11.7. The maximum atomic E-state index is 15.6. The quantitative estimate of drug-likeness (QED) is 0.176. The van der Waals surface area contributed by atoms with Gasteiger partial charge in [-0.3, -0.25) is 4.98 Å². The van der Waals surface area contributed by atoms with Gasteiger partial charge in [-0.25, -0.2) is 32.9 Å². The number of thiazole rings is 1. The van der Waals surface area contributed by atoms with Crippen molar-refractivity contribution in [3.8, 4) is 29.0 Å². The van der Waals surface area contributed by atoms with Crippen LogP contribution in [0.5, 0.6) is 5.88 Å². The van der Waals surface area contributed by atoms with E-state index in [0.717, 1.165) is 18.6 Å². The molecule has 0 unspecified atom stereocenters. The Morgan fingerprint density at radius 2 is 1.92 bits per heavy atom. The third kappa shape index (κ3) is 6.62. The summed E-state index contributed by atoms with van der Waals surface area (Å²) in [5.41, 5.74) is 3.94. The fourth-order valence-electron chi connectivity index (χ4n) is 5.21. The van der Waals surface area contributed by atoms with Crippen molar-refractivity contribution >= 4 is 28.3 Å². The van der Waals surface area contributed by atoms with Crippen LogP contribution in [0, 0.1) is 29.3 Å². The molecule has 13 heteroatoms. The molecule has 0 saturated carbocycles. The zero-order chi connectivity index (χ0) is 33.2. The summed E-state index contributed by atoms with van der Waals surface area (Å²) in [6.07, 6.45) is 2.12. The van der Waals surface area contributed by atoms with Crippen LogP contribution in [-0.2, 0) is 24.3 Å². The maximum absolute atomic E-state index is 15.6. The topological polar surface area (TPSA) is 112 Å². The lowest BCUT2D eigenvalue weighted by Crippen LogP contribution is -2.31. The Labute approximate surface area is 275 Å². The van der Waals surface area contributed by atoms with Crippen molar-refractivity contribution in [2.75, 3.05) is 6.61 Å². The van der Waals surface area contributed by atoms with Crippen LogP contribution in [0.2, 0.25) is 0 Å². The minimum absolute atomic E-state index is 0.0251. The summed E-state index contributed by atoms with van der Waals surface area (Å²) in [7, 11) is 0. The molecular weight excluding hydrogens is 643 g/mol. The van der Waals surface area contributed by atoms with Crippen LogP contribution < -0.4 is 4.74 Å². The second kappa shape index (κ2) is 13.3. The Kier molecular flexibility index (Phi) is 8.58. The van der Waals surface area contributed by atoms with E-state index in [1.165, 1.54) is 47.9 Å². The van der Waals surface area contributed by atoms with Gasteiger partial charge in [-0.2, -0.15) is 0 Å². The number of halogens is 3. The number of carboxylic acids is 1. The lowest BCUT2D eigenvalue weighted by Gasteiger charge is -2.27. The van der Waals surface area contributed by atoms with Crippen molar-refractivity contribution in [3.63, 3.8) is 0 Å². The van der Waals surface area contributed by atoms with E-state index in [4.69, 9.17) is 9.47 Å². The van der Waals surface area contributed by atoms with Crippen LogP contribution in [0.3, 0.4) is 0 Å². The van der Waals surface area contributed by atoms with Gasteiger partial charge in [0.15, 0.2) is 0 Å². The molecule has 4 aromatic heterocycles. The van der Waals surface area contributed by atoms with Crippen LogP contribution in [-0.4, -0.2) is 48.3 Å². The summed E-state index contributed by atoms with van der Waals surface area (Å²) in [6.45, 7) is 0.775. The maximum Gasteiger partial charge on any atom is 0.335 e. The summed E-state index contributed by atoms with van der Waals surface area (Å²) in [6, 6.07) is 12.6. The van der Waals surface area contributed by atoms with Gasteiger partial charge in [-0.15, -0.1) is 11.3 Å². The van der Waals surface area contributed by atoms with Gasteiger partial charge in [-0.05, 0) is 60.4 Å². The summed E-state index contributed by atoms with van der Waals surface area (Å²) in [4.78, 5) is 28.7. The van der Waals surface area contributed by atoms with E-state index < -0.39 is 23.4 Å². The number of hydrogen-bond acceptors (Lipinski definition) is 8. The monoisotopic (exact) mass is 667 g/mol. The van der Waals surface area contributed by atoms with Crippen molar-refractivity contribution in [3.05, 3.63) is 123 Å². The second-order valence-electron chi connectivity index (χ2n) is 11.0. The molecule has 0 bridgehead atoms. The first-order valence-corrected chi connectivity index (χ1v) is 15.7. The first-order chi connectivity index (χ1) is 23.3. The lowest BCUT2D eigenvalue weighted by molar-refractivity contribution is -0.0589. The number of carbonyl (C=O) groups is 1. The molecule has 1 fully saturated rings. The predicted octanol–water partition coefficient (Wildman–Crippen LogP) is 6.42. The van der Waals surface area contributed by atoms with Crippen LogP contribution in [0.4, 0.5) is 13.2 Å². The average Bonchev–Trinajstić information content (AvgIpc) is 3.70. The molecule has 7 rings (SSSR count). The molecular formula is C35H24F3N5O4S. The largest absolute Gasteiger partial charge is 0.478 e. The van der Waals surface area contributed by atoms with E-state index in [9.17, 15) is 14.3 Å². The molecule has 1 saturated heterocycles. The summed E-state index contributed by atoms with van der Waals surface area (Å²) >= 11 is 1.41. The number of ether oxygens (including phenoxy) is 2. The average molecular weight is 668 g/mol. The highest BCUT2D eigenvalue weighted by Crippen LogP contribution is 2.29. The Bertz CT molecular complexity index is 2230. The Morgan fingerprint density at radius 1 is 1.04 bits per heavy atom. The minimum atomic E-state index is -1.08. The SMILES string of the molecule is O=C(O)c1ccc2nc(Cc3cc(F)c(-c4cccc(OCc5ncc(C#Cc6cscn6)cc5F)n4)cc3F)n(C[C@@H]3CCO3)c2c1.